The van der Waals surface area contributed by atoms with Crippen LogP contribution in [0.15, 0.2) is 0 Å². The van der Waals surface area contributed by atoms with E-state index in [1.807, 2.05) is 0 Å². The first-order valence-electron chi connectivity index (χ1n) is 6.26. The van der Waals surface area contributed by atoms with E-state index in [1.54, 1.807) is 0 Å². The van der Waals surface area contributed by atoms with Gasteiger partial charge in [-0.1, -0.05) is 27.2 Å². The van der Waals surface area contributed by atoms with Crippen molar-refractivity contribution < 1.29 is 4.74 Å². The number of hydrogen-bond donors (Lipinski definition) is 2. The lowest BCUT2D eigenvalue weighted by atomic mass is 10.2. The second kappa shape index (κ2) is 11.1. The fraction of sp³-hybridized carbons (Fsp3) is 0.917. The van der Waals surface area contributed by atoms with Crippen LogP contribution in [0.2, 0.25) is 0 Å². The second-order valence-corrected chi connectivity index (χ2v) is 4.76. The maximum Gasteiger partial charge on any atom is 0.166 e. The van der Waals surface area contributed by atoms with E-state index in [2.05, 4.69) is 31.4 Å². The second-order valence-electron chi connectivity index (χ2n) is 4.35. The Labute approximate surface area is 105 Å². The number of nitrogens with one attached hydrogen (secondary N) is 2. The molecule has 0 aliphatic rings. The third-order valence-electron chi connectivity index (χ3n) is 2.06. The number of rotatable bonds is 9. The van der Waals surface area contributed by atoms with Gasteiger partial charge in [0.2, 0.25) is 0 Å². The largest absolute Gasteiger partial charge is 0.381 e. The molecule has 0 spiro atoms. The molecule has 16 heavy (non-hydrogen) atoms. The Morgan fingerprint density at radius 1 is 1.19 bits per heavy atom. The minimum Gasteiger partial charge on any atom is -0.381 e. The van der Waals surface area contributed by atoms with Gasteiger partial charge in [0, 0.05) is 26.3 Å². The van der Waals surface area contributed by atoms with Gasteiger partial charge >= 0.3 is 0 Å². The fourth-order valence-corrected chi connectivity index (χ4v) is 1.27. The van der Waals surface area contributed by atoms with E-state index in [0.29, 0.717) is 5.92 Å². The molecular formula is C12H26N2OS. The van der Waals surface area contributed by atoms with Crippen molar-refractivity contribution in [1.82, 2.24) is 10.6 Å². The van der Waals surface area contributed by atoms with Crippen LogP contribution in [-0.4, -0.2) is 31.4 Å². The first-order chi connectivity index (χ1) is 7.66. The fourth-order valence-electron chi connectivity index (χ4n) is 1.08. The lowest BCUT2D eigenvalue weighted by Gasteiger charge is -2.12. The molecule has 0 bridgehead atoms. The van der Waals surface area contributed by atoms with Gasteiger partial charge in [0.05, 0.1) is 0 Å². The molecule has 0 saturated heterocycles. The van der Waals surface area contributed by atoms with Gasteiger partial charge < -0.3 is 15.4 Å². The summed E-state index contributed by atoms with van der Waals surface area (Å²) in [5, 5.41) is 7.09. The average molecular weight is 246 g/mol. The van der Waals surface area contributed by atoms with E-state index >= 15 is 0 Å². The van der Waals surface area contributed by atoms with Crippen molar-refractivity contribution in [2.45, 2.75) is 40.0 Å². The maximum atomic E-state index is 5.45. The molecule has 0 unspecified atom stereocenters. The van der Waals surface area contributed by atoms with Gasteiger partial charge in [-0.15, -0.1) is 0 Å². The Balaban J connectivity index is 3.15. The normalized spacial score (nSPS) is 10.5. The molecule has 0 radical (unpaired) electrons. The van der Waals surface area contributed by atoms with Crippen molar-refractivity contribution >= 4 is 17.3 Å². The monoisotopic (exact) mass is 246 g/mol. The third kappa shape index (κ3) is 11.7. The van der Waals surface area contributed by atoms with Crippen LogP contribution < -0.4 is 10.6 Å². The van der Waals surface area contributed by atoms with Crippen LogP contribution in [0, 0.1) is 5.92 Å². The topological polar surface area (TPSA) is 33.3 Å². The van der Waals surface area contributed by atoms with Gasteiger partial charge in [0.15, 0.2) is 5.11 Å². The van der Waals surface area contributed by atoms with Gasteiger partial charge in [-0.3, -0.25) is 0 Å². The molecule has 0 saturated carbocycles. The van der Waals surface area contributed by atoms with Crippen molar-refractivity contribution in [2.24, 2.45) is 5.92 Å². The molecule has 0 aliphatic carbocycles. The number of thiocarbonyl (C=S) groups is 1. The molecule has 0 aliphatic heterocycles. The van der Waals surface area contributed by atoms with E-state index in [0.717, 1.165) is 44.3 Å². The number of ether oxygens (including phenoxy) is 1. The lowest BCUT2D eigenvalue weighted by molar-refractivity contribution is 0.129. The van der Waals surface area contributed by atoms with E-state index in [-0.39, 0.29) is 0 Å². The van der Waals surface area contributed by atoms with Crippen LogP contribution in [0.1, 0.15) is 40.0 Å². The molecule has 2 N–H and O–H groups in total. The van der Waals surface area contributed by atoms with Gasteiger partial charge in [-0.2, -0.15) is 0 Å². The Bertz CT molecular complexity index is 174. The highest BCUT2D eigenvalue weighted by molar-refractivity contribution is 7.80. The molecule has 3 nitrogen and oxygen atoms in total. The van der Waals surface area contributed by atoms with Crippen molar-refractivity contribution in [1.29, 1.82) is 0 Å². The highest BCUT2D eigenvalue weighted by atomic mass is 32.1. The quantitative estimate of drug-likeness (QED) is 0.483. The smallest absolute Gasteiger partial charge is 0.166 e. The molecule has 96 valence electrons. The molecule has 0 aromatic rings. The zero-order valence-corrected chi connectivity index (χ0v) is 11.7. The van der Waals surface area contributed by atoms with Crippen LogP contribution in [0.5, 0.6) is 0 Å². The van der Waals surface area contributed by atoms with E-state index in [9.17, 15) is 0 Å². The molecule has 4 heteroatoms. The zero-order chi connectivity index (χ0) is 12.2. The molecular weight excluding hydrogens is 220 g/mol. The van der Waals surface area contributed by atoms with E-state index < -0.39 is 0 Å². The first-order valence-corrected chi connectivity index (χ1v) is 6.67. The summed E-state index contributed by atoms with van der Waals surface area (Å²) in [4.78, 5) is 0. The summed E-state index contributed by atoms with van der Waals surface area (Å²) in [6.07, 6.45) is 3.36. The van der Waals surface area contributed by atoms with Crippen LogP contribution in [-0.2, 0) is 4.74 Å². The number of unbranched alkanes of at least 4 members (excludes halogenated alkanes) is 1. The highest BCUT2D eigenvalue weighted by Crippen LogP contribution is 1.89. The third-order valence-corrected chi connectivity index (χ3v) is 2.35. The van der Waals surface area contributed by atoms with Crippen molar-refractivity contribution in [3.8, 4) is 0 Å². The minimum atomic E-state index is 0.622. The average Bonchev–Trinajstić information content (AvgIpc) is 2.25. The predicted octanol–water partition coefficient (Wildman–Crippen LogP) is 2.31. The number of hydrogen-bond acceptors (Lipinski definition) is 2. The molecule has 0 heterocycles. The van der Waals surface area contributed by atoms with Gasteiger partial charge in [0.25, 0.3) is 0 Å². The summed E-state index contributed by atoms with van der Waals surface area (Å²) in [5.74, 6) is 0.622. The molecule has 0 amide bonds. The van der Waals surface area contributed by atoms with Crippen LogP contribution in [0.25, 0.3) is 0 Å². The Morgan fingerprint density at radius 3 is 2.50 bits per heavy atom. The summed E-state index contributed by atoms with van der Waals surface area (Å²) < 4.78 is 5.45. The van der Waals surface area contributed by atoms with Crippen LogP contribution in [0.3, 0.4) is 0 Å². The molecule has 0 aromatic carbocycles. The van der Waals surface area contributed by atoms with Gasteiger partial charge in [-0.25, -0.2) is 0 Å². The zero-order valence-electron chi connectivity index (χ0n) is 10.8. The van der Waals surface area contributed by atoms with E-state index in [4.69, 9.17) is 17.0 Å². The van der Waals surface area contributed by atoms with Gasteiger partial charge in [0.1, 0.15) is 0 Å². The standard InChI is InChI=1S/C12H26N2OS/c1-4-5-8-15-9-6-7-13-12(16)14-10-11(2)3/h11H,4-10H2,1-3H3,(H2,13,14,16). The SMILES string of the molecule is CCCCOCCCNC(=S)NCC(C)C. The highest BCUT2D eigenvalue weighted by Gasteiger charge is 1.96. The summed E-state index contributed by atoms with van der Waals surface area (Å²) >= 11 is 5.13. The summed E-state index contributed by atoms with van der Waals surface area (Å²) in [6, 6.07) is 0. The van der Waals surface area contributed by atoms with Gasteiger partial charge in [-0.05, 0) is 31.0 Å². The van der Waals surface area contributed by atoms with Crippen LogP contribution >= 0.6 is 12.2 Å². The van der Waals surface area contributed by atoms with Crippen LogP contribution in [0.4, 0.5) is 0 Å². The van der Waals surface area contributed by atoms with Crippen molar-refractivity contribution in [3.63, 3.8) is 0 Å². The molecule has 0 rings (SSSR count). The summed E-state index contributed by atoms with van der Waals surface area (Å²) in [5.41, 5.74) is 0. The summed E-state index contributed by atoms with van der Waals surface area (Å²) in [7, 11) is 0. The molecule has 0 aromatic heterocycles. The Morgan fingerprint density at radius 2 is 1.88 bits per heavy atom. The van der Waals surface area contributed by atoms with Crippen molar-refractivity contribution in [3.05, 3.63) is 0 Å². The molecule has 0 fully saturated rings. The van der Waals surface area contributed by atoms with E-state index in [1.165, 1.54) is 6.42 Å². The maximum absolute atomic E-state index is 5.45. The molecule has 0 atom stereocenters. The Kier molecular flexibility index (Phi) is 10.9. The van der Waals surface area contributed by atoms with Crippen molar-refractivity contribution in [2.75, 3.05) is 26.3 Å². The summed E-state index contributed by atoms with van der Waals surface area (Å²) in [6.45, 7) is 10.0. The first kappa shape index (κ1) is 15.7. The lowest BCUT2D eigenvalue weighted by Crippen LogP contribution is -2.37. The predicted molar refractivity (Wildman–Crippen MR) is 73.8 cm³/mol. The minimum absolute atomic E-state index is 0.622. The Hall–Kier alpha value is -0.350.